The molecule has 9 heteroatoms. The molecule has 4 aromatic rings. The molecular weight excluding hydrogens is 304 g/mol. The second-order valence-corrected chi connectivity index (χ2v) is 6.28. The van der Waals surface area contributed by atoms with Gasteiger partial charge in [-0.2, -0.15) is 4.52 Å². The summed E-state index contributed by atoms with van der Waals surface area (Å²) in [5.41, 5.74) is 2.03. The molecular formula is C13H12N6O2S. The van der Waals surface area contributed by atoms with Gasteiger partial charge in [0.2, 0.25) is 10.9 Å². The molecule has 0 bridgehead atoms. The number of carboxylic acid groups (broad SMARTS) is 1. The minimum absolute atomic E-state index is 0.470. The zero-order valence-corrected chi connectivity index (χ0v) is 12.7. The standard InChI is InChI=1S/C13H12N6O2S/c1-7(10(20)21)22-13-15-14-11-18-9-6-4-3-5-8(9)17(2)12(18)16-19(11)13/h3-7H,1-2H3,(H,20,21). The van der Waals surface area contributed by atoms with Crippen LogP contribution in [0.1, 0.15) is 6.92 Å². The Morgan fingerprint density at radius 3 is 2.68 bits per heavy atom. The highest BCUT2D eigenvalue weighted by molar-refractivity contribution is 8.00. The number of imidazole rings is 1. The molecule has 1 atom stereocenters. The first-order chi connectivity index (χ1) is 10.6. The third-order valence-corrected chi connectivity index (χ3v) is 4.62. The zero-order chi connectivity index (χ0) is 15.4. The molecule has 1 N–H and O–H groups in total. The summed E-state index contributed by atoms with van der Waals surface area (Å²) in [6, 6.07) is 7.93. The minimum atomic E-state index is -0.893. The average molecular weight is 316 g/mol. The highest BCUT2D eigenvalue weighted by Gasteiger charge is 2.21. The maximum Gasteiger partial charge on any atom is 0.316 e. The van der Waals surface area contributed by atoms with Crippen LogP contribution < -0.4 is 0 Å². The van der Waals surface area contributed by atoms with E-state index in [1.807, 2.05) is 40.3 Å². The number of benzene rings is 1. The summed E-state index contributed by atoms with van der Waals surface area (Å²) in [5, 5.41) is 21.6. The number of rotatable bonds is 3. The topological polar surface area (TPSA) is 89.7 Å². The molecule has 0 amide bonds. The minimum Gasteiger partial charge on any atom is -0.480 e. The molecule has 0 aliphatic heterocycles. The number of fused-ring (bicyclic) bond motifs is 5. The van der Waals surface area contributed by atoms with Crippen molar-refractivity contribution in [1.82, 2.24) is 28.8 Å². The fourth-order valence-corrected chi connectivity index (χ4v) is 3.19. The number of hydrogen-bond acceptors (Lipinski definition) is 5. The van der Waals surface area contributed by atoms with Crippen LogP contribution in [0.15, 0.2) is 29.4 Å². The van der Waals surface area contributed by atoms with Gasteiger partial charge in [-0.25, -0.2) is 4.40 Å². The number of nitrogens with zero attached hydrogens (tertiary/aromatic N) is 6. The molecule has 0 fully saturated rings. The fourth-order valence-electron chi connectivity index (χ4n) is 2.47. The van der Waals surface area contributed by atoms with Crippen LogP contribution in [0.4, 0.5) is 0 Å². The molecule has 3 aromatic heterocycles. The van der Waals surface area contributed by atoms with Gasteiger partial charge in [-0.05, 0) is 19.1 Å². The van der Waals surface area contributed by atoms with Crippen LogP contribution in [0, 0.1) is 0 Å². The molecule has 112 valence electrons. The van der Waals surface area contributed by atoms with Crippen molar-refractivity contribution in [2.75, 3.05) is 0 Å². The summed E-state index contributed by atoms with van der Waals surface area (Å²) < 4.78 is 5.47. The summed E-state index contributed by atoms with van der Waals surface area (Å²) in [6.45, 7) is 1.61. The Balaban J connectivity index is 1.98. The summed E-state index contributed by atoms with van der Waals surface area (Å²) >= 11 is 1.12. The Morgan fingerprint density at radius 2 is 1.95 bits per heavy atom. The Hall–Kier alpha value is -2.55. The lowest BCUT2D eigenvalue weighted by atomic mass is 10.3. The van der Waals surface area contributed by atoms with E-state index in [9.17, 15) is 4.79 Å². The third-order valence-electron chi connectivity index (χ3n) is 3.60. The number of thioether (sulfide) groups is 1. The maximum absolute atomic E-state index is 11.0. The van der Waals surface area contributed by atoms with E-state index in [4.69, 9.17) is 5.11 Å². The molecule has 0 saturated heterocycles. The van der Waals surface area contributed by atoms with Gasteiger partial charge in [0.15, 0.2) is 0 Å². The van der Waals surface area contributed by atoms with Crippen LogP contribution in [0.2, 0.25) is 0 Å². The molecule has 0 aliphatic rings. The molecule has 0 radical (unpaired) electrons. The molecule has 8 nitrogen and oxygen atoms in total. The van der Waals surface area contributed by atoms with Crippen molar-refractivity contribution < 1.29 is 9.90 Å². The Labute approximate surface area is 128 Å². The maximum atomic E-state index is 11.0. The first-order valence-corrected chi connectivity index (χ1v) is 7.52. The van der Waals surface area contributed by atoms with Crippen molar-refractivity contribution in [2.45, 2.75) is 17.3 Å². The number of aryl methyl sites for hydroxylation is 1. The van der Waals surface area contributed by atoms with Crippen molar-refractivity contribution in [2.24, 2.45) is 7.05 Å². The Morgan fingerprint density at radius 1 is 1.23 bits per heavy atom. The van der Waals surface area contributed by atoms with Gasteiger partial charge in [0.05, 0.1) is 11.0 Å². The number of carboxylic acids is 1. The predicted molar refractivity (Wildman–Crippen MR) is 81.2 cm³/mol. The van der Waals surface area contributed by atoms with E-state index in [0.717, 1.165) is 28.6 Å². The number of aromatic nitrogens is 6. The van der Waals surface area contributed by atoms with Crippen molar-refractivity contribution in [3.63, 3.8) is 0 Å². The fraction of sp³-hybridized carbons (Fsp3) is 0.231. The smallest absolute Gasteiger partial charge is 0.316 e. The summed E-state index contributed by atoms with van der Waals surface area (Å²) in [4.78, 5) is 11.0. The quantitative estimate of drug-likeness (QED) is 0.575. The van der Waals surface area contributed by atoms with Crippen LogP contribution in [0.3, 0.4) is 0 Å². The van der Waals surface area contributed by atoms with E-state index in [-0.39, 0.29) is 0 Å². The zero-order valence-electron chi connectivity index (χ0n) is 11.8. The SMILES string of the molecule is CC(Sc1nnc2n1nc1n(C)c3ccccc3n12)C(=O)O. The highest BCUT2D eigenvalue weighted by atomic mass is 32.2. The van der Waals surface area contributed by atoms with E-state index in [0.29, 0.717) is 10.9 Å². The first kappa shape index (κ1) is 13.1. The summed E-state index contributed by atoms with van der Waals surface area (Å²) in [5.74, 6) is 0.416. The van der Waals surface area contributed by atoms with Gasteiger partial charge in [0, 0.05) is 7.05 Å². The van der Waals surface area contributed by atoms with E-state index in [2.05, 4.69) is 15.3 Å². The number of aliphatic carboxylic acids is 1. The number of hydrogen-bond donors (Lipinski definition) is 1. The van der Waals surface area contributed by atoms with Gasteiger partial charge in [-0.15, -0.1) is 15.3 Å². The molecule has 0 saturated carbocycles. The Kier molecular flexibility index (Phi) is 2.67. The van der Waals surface area contributed by atoms with Crippen molar-refractivity contribution in [3.05, 3.63) is 24.3 Å². The predicted octanol–water partition coefficient (Wildman–Crippen LogP) is 1.43. The second kappa shape index (κ2) is 4.47. The van der Waals surface area contributed by atoms with Crippen LogP contribution in [-0.4, -0.2) is 45.1 Å². The summed E-state index contributed by atoms with van der Waals surface area (Å²) in [6.07, 6.45) is 0. The molecule has 0 spiro atoms. The first-order valence-electron chi connectivity index (χ1n) is 6.64. The van der Waals surface area contributed by atoms with Crippen molar-refractivity contribution >= 4 is 40.3 Å². The lowest BCUT2D eigenvalue weighted by Gasteiger charge is -2.01. The molecule has 1 unspecified atom stereocenters. The van der Waals surface area contributed by atoms with Crippen LogP contribution in [-0.2, 0) is 11.8 Å². The lowest BCUT2D eigenvalue weighted by molar-refractivity contribution is -0.136. The van der Waals surface area contributed by atoms with Crippen molar-refractivity contribution in [3.8, 4) is 0 Å². The van der Waals surface area contributed by atoms with Gasteiger partial charge in [0.25, 0.3) is 5.78 Å². The normalized spacial score (nSPS) is 13.4. The third kappa shape index (κ3) is 1.65. The van der Waals surface area contributed by atoms with Gasteiger partial charge >= 0.3 is 5.97 Å². The van der Waals surface area contributed by atoms with E-state index in [1.165, 1.54) is 0 Å². The molecule has 1 aromatic carbocycles. The number of carbonyl (C=O) groups is 1. The van der Waals surface area contributed by atoms with Gasteiger partial charge in [-0.1, -0.05) is 23.9 Å². The molecule has 0 aliphatic carbocycles. The van der Waals surface area contributed by atoms with Gasteiger partial charge < -0.3 is 9.67 Å². The van der Waals surface area contributed by atoms with Crippen molar-refractivity contribution in [1.29, 1.82) is 0 Å². The molecule has 3 heterocycles. The van der Waals surface area contributed by atoms with Gasteiger partial charge in [0.1, 0.15) is 5.25 Å². The average Bonchev–Trinajstić information content (AvgIpc) is 3.13. The highest BCUT2D eigenvalue weighted by Crippen LogP contribution is 2.25. The molecule has 4 rings (SSSR count). The van der Waals surface area contributed by atoms with Gasteiger partial charge in [-0.3, -0.25) is 4.79 Å². The van der Waals surface area contributed by atoms with E-state index in [1.54, 1.807) is 11.4 Å². The Bertz CT molecular complexity index is 1030. The number of para-hydroxylation sites is 2. The van der Waals surface area contributed by atoms with Crippen LogP contribution in [0.25, 0.3) is 22.6 Å². The molecule has 22 heavy (non-hydrogen) atoms. The van der Waals surface area contributed by atoms with E-state index < -0.39 is 11.2 Å². The second-order valence-electron chi connectivity index (χ2n) is 4.98. The largest absolute Gasteiger partial charge is 0.480 e. The van der Waals surface area contributed by atoms with E-state index >= 15 is 0 Å². The lowest BCUT2D eigenvalue weighted by Crippen LogP contribution is -2.12. The summed E-state index contributed by atoms with van der Waals surface area (Å²) in [7, 11) is 1.93. The van der Waals surface area contributed by atoms with Crippen LogP contribution >= 0.6 is 11.8 Å². The monoisotopic (exact) mass is 316 g/mol. The van der Waals surface area contributed by atoms with Crippen LogP contribution in [0.5, 0.6) is 0 Å².